The number of nitrogens with zero attached hydrogens (tertiary/aromatic N) is 3. The standard InChI is InChI=1S/C22H36BN3O5/c1-20(2,3)29-19(27)26-12-9-8-10-17(26)11-13-28-18-24-14-16(15-25-18)23-30-21(4,5)22(6,7)31-23/h14-15,17H,8-13H2,1-7H3/t17-/m1/s1. The molecule has 0 aromatic carbocycles. The van der Waals surface area contributed by atoms with Crippen LogP contribution < -0.4 is 10.2 Å². The van der Waals surface area contributed by atoms with Gasteiger partial charge in [0.05, 0.1) is 17.8 Å². The highest BCUT2D eigenvalue weighted by Gasteiger charge is 2.52. The molecule has 2 aliphatic rings. The van der Waals surface area contributed by atoms with Crippen LogP contribution in [0.25, 0.3) is 0 Å². The van der Waals surface area contributed by atoms with Crippen LogP contribution in [0.2, 0.25) is 0 Å². The Balaban J connectivity index is 1.52. The Morgan fingerprint density at radius 1 is 1.16 bits per heavy atom. The first-order valence-electron chi connectivity index (χ1n) is 11.2. The van der Waals surface area contributed by atoms with Crippen LogP contribution >= 0.6 is 0 Å². The Kier molecular flexibility index (Phi) is 6.86. The van der Waals surface area contributed by atoms with Crippen molar-refractivity contribution in [3.05, 3.63) is 12.4 Å². The van der Waals surface area contributed by atoms with Crippen LogP contribution in [-0.4, -0.2) is 64.1 Å². The van der Waals surface area contributed by atoms with E-state index in [1.54, 1.807) is 12.4 Å². The van der Waals surface area contributed by atoms with Gasteiger partial charge in [0.2, 0.25) is 0 Å². The molecule has 2 aliphatic heterocycles. The molecule has 0 unspecified atom stereocenters. The first kappa shape index (κ1) is 23.8. The van der Waals surface area contributed by atoms with Crippen molar-refractivity contribution in [2.45, 2.75) is 97.0 Å². The lowest BCUT2D eigenvalue weighted by Crippen LogP contribution is -2.46. The van der Waals surface area contributed by atoms with Crippen molar-refractivity contribution in [3.8, 4) is 6.01 Å². The molecule has 0 spiro atoms. The fourth-order valence-electron chi connectivity index (χ4n) is 3.65. The van der Waals surface area contributed by atoms with Crippen LogP contribution in [0.5, 0.6) is 6.01 Å². The maximum atomic E-state index is 12.5. The van der Waals surface area contributed by atoms with Gasteiger partial charge in [0, 0.05) is 36.9 Å². The van der Waals surface area contributed by atoms with Gasteiger partial charge in [-0.15, -0.1) is 0 Å². The third-order valence-electron chi connectivity index (χ3n) is 6.11. The second-order valence-electron chi connectivity index (χ2n) is 10.3. The number of rotatable bonds is 5. The Morgan fingerprint density at radius 3 is 2.35 bits per heavy atom. The normalized spacial score (nSPS) is 23.0. The number of aromatic nitrogens is 2. The van der Waals surface area contributed by atoms with E-state index < -0.39 is 23.9 Å². The molecular weight excluding hydrogens is 397 g/mol. The van der Waals surface area contributed by atoms with E-state index in [1.165, 1.54) is 0 Å². The summed E-state index contributed by atoms with van der Waals surface area (Å²) in [6, 6.07) is 0.410. The summed E-state index contributed by atoms with van der Waals surface area (Å²) >= 11 is 0. The van der Waals surface area contributed by atoms with Crippen molar-refractivity contribution >= 4 is 18.7 Å². The molecule has 0 radical (unpaired) electrons. The van der Waals surface area contributed by atoms with Crippen molar-refractivity contribution in [3.63, 3.8) is 0 Å². The summed E-state index contributed by atoms with van der Waals surface area (Å²) < 4.78 is 23.4. The molecule has 1 aromatic rings. The van der Waals surface area contributed by atoms with Crippen LogP contribution in [-0.2, 0) is 14.0 Å². The number of amides is 1. The van der Waals surface area contributed by atoms with Crippen molar-refractivity contribution in [2.24, 2.45) is 0 Å². The zero-order valence-electron chi connectivity index (χ0n) is 19.9. The Bertz CT molecular complexity index is 747. The summed E-state index contributed by atoms with van der Waals surface area (Å²) in [6.07, 6.45) is 6.87. The molecule has 0 aliphatic carbocycles. The molecule has 9 heteroatoms. The lowest BCUT2D eigenvalue weighted by molar-refractivity contribution is 0.00578. The van der Waals surface area contributed by atoms with E-state index in [1.807, 2.05) is 53.4 Å². The lowest BCUT2D eigenvalue weighted by Gasteiger charge is -2.36. The quantitative estimate of drug-likeness (QED) is 0.659. The van der Waals surface area contributed by atoms with Crippen LogP contribution in [0.15, 0.2) is 12.4 Å². The highest BCUT2D eigenvalue weighted by Crippen LogP contribution is 2.36. The molecular formula is C22H36BN3O5. The van der Waals surface area contributed by atoms with E-state index in [-0.39, 0.29) is 12.1 Å². The van der Waals surface area contributed by atoms with Gasteiger partial charge in [-0.1, -0.05) is 0 Å². The Hall–Kier alpha value is -1.87. The van der Waals surface area contributed by atoms with Gasteiger partial charge < -0.3 is 23.7 Å². The molecule has 1 amide bonds. The minimum atomic E-state index is -0.498. The third-order valence-corrected chi connectivity index (χ3v) is 6.11. The van der Waals surface area contributed by atoms with Gasteiger partial charge in [-0.05, 0) is 67.7 Å². The summed E-state index contributed by atoms with van der Waals surface area (Å²) in [5.74, 6) is 0. The van der Waals surface area contributed by atoms with Gasteiger partial charge in [0.25, 0.3) is 0 Å². The number of carbonyl (C=O) groups is 1. The van der Waals surface area contributed by atoms with E-state index in [0.29, 0.717) is 19.0 Å². The lowest BCUT2D eigenvalue weighted by atomic mass is 9.81. The topological polar surface area (TPSA) is 83.0 Å². The van der Waals surface area contributed by atoms with Gasteiger partial charge in [0.15, 0.2) is 0 Å². The zero-order chi connectivity index (χ0) is 22.9. The number of piperidine rings is 1. The Morgan fingerprint density at radius 2 is 1.77 bits per heavy atom. The molecule has 2 fully saturated rings. The second kappa shape index (κ2) is 8.94. The SMILES string of the molecule is CC(C)(C)OC(=O)N1CCCC[C@@H]1CCOc1ncc(B2OC(C)(C)C(C)(C)O2)cn1. The van der Waals surface area contributed by atoms with Crippen molar-refractivity contribution in [1.82, 2.24) is 14.9 Å². The summed E-state index contributed by atoms with van der Waals surface area (Å²) in [5.41, 5.74) is -0.559. The van der Waals surface area contributed by atoms with Gasteiger partial charge in [-0.2, -0.15) is 0 Å². The molecule has 3 rings (SSSR count). The molecule has 0 N–H and O–H groups in total. The molecule has 3 heterocycles. The van der Waals surface area contributed by atoms with Gasteiger partial charge in [-0.3, -0.25) is 0 Å². The predicted molar refractivity (Wildman–Crippen MR) is 118 cm³/mol. The molecule has 0 bridgehead atoms. The van der Waals surface area contributed by atoms with E-state index in [0.717, 1.165) is 31.3 Å². The molecule has 31 heavy (non-hydrogen) atoms. The third kappa shape index (κ3) is 5.89. The number of carbonyl (C=O) groups excluding carboxylic acids is 1. The molecule has 0 saturated carbocycles. The van der Waals surface area contributed by atoms with Crippen LogP contribution in [0.1, 0.15) is 74.1 Å². The van der Waals surface area contributed by atoms with Crippen LogP contribution in [0, 0.1) is 0 Å². The largest absolute Gasteiger partial charge is 0.498 e. The van der Waals surface area contributed by atoms with Gasteiger partial charge >= 0.3 is 19.2 Å². The van der Waals surface area contributed by atoms with E-state index in [9.17, 15) is 4.79 Å². The predicted octanol–water partition coefficient (Wildman–Crippen LogP) is 3.33. The smallest absolute Gasteiger partial charge is 0.463 e. The number of ether oxygens (including phenoxy) is 2. The minimum Gasteiger partial charge on any atom is -0.463 e. The van der Waals surface area contributed by atoms with Crippen LogP contribution in [0.4, 0.5) is 4.79 Å². The number of hydrogen-bond acceptors (Lipinski definition) is 7. The number of hydrogen-bond donors (Lipinski definition) is 0. The first-order valence-corrected chi connectivity index (χ1v) is 11.2. The van der Waals surface area contributed by atoms with Crippen molar-refractivity contribution in [1.29, 1.82) is 0 Å². The molecule has 1 atom stereocenters. The first-order chi connectivity index (χ1) is 14.4. The van der Waals surface area contributed by atoms with Crippen molar-refractivity contribution in [2.75, 3.05) is 13.2 Å². The number of likely N-dealkylation sites (tertiary alicyclic amines) is 1. The second-order valence-corrected chi connectivity index (χ2v) is 10.3. The maximum absolute atomic E-state index is 12.5. The summed E-state index contributed by atoms with van der Waals surface area (Å²) in [6.45, 7) is 14.9. The minimum absolute atomic E-state index is 0.104. The summed E-state index contributed by atoms with van der Waals surface area (Å²) in [5, 5.41) is 0. The summed E-state index contributed by atoms with van der Waals surface area (Å²) in [4.78, 5) is 23.0. The fourth-order valence-corrected chi connectivity index (χ4v) is 3.65. The summed E-state index contributed by atoms with van der Waals surface area (Å²) in [7, 11) is -0.497. The highest BCUT2D eigenvalue weighted by molar-refractivity contribution is 6.61. The van der Waals surface area contributed by atoms with Gasteiger partial charge in [0.1, 0.15) is 5.60 Å². The van der Waals surface area contributed by atoms with Crippen molar-refractivity contribution < 1.29 is 23.6 Å². The molecule has 172 valence electrons. The van der Waals surface area contributed by atoms with Crippen LogP contribution in [0.3, 0.4) is 0 Å². The average Bonchev–Trinajstić information content (AvgIpc) is 2.88. The maximum Gasteiger partial charge on any atom is 0.498 e. The average molecular weight is 433 g/mol. The van der Waals surface area contributed by atoms with Gasteiger partial charge in [-0.25, -0.2) is 14.8 Å². The molecule has 1 aromatic heterocycles. The van der Waals surface area contributed by atoms with E-state index >= 15 is 0 Å². The highest BCUT2D eigenvalue weighted by atomic mass is 16.7. The Labute approximate surface area is 186 Å². The monoisotopic (exact) mass is 433 g/mol. The zero-order valence-corrected chi connectivity index (χ0v) is 19.9. The van der Waals surface area contributed by atoms with E-state index in [2.05, 4.69) is 9.97 Å². The fraction of sp³-hybridized carbons (Fsp3) is 0.773. The van der Waals surface area contributed by atoms with E-state index in [4.69, 9.17) is 18.8 Å². The molecule has 2 saturated heterocycles. The molecule has 8 nitrogen and oxygen atoms in total.